The number of nitrogens with zero attached hydrogens (tertiary/aromatic N) is 2. The van der Waals surface area contributed by atoms with Crippen LogP contribution in [0.15, 0.2) is 59.5 Å². The van der Waals surface area contributed by atoms with Gasteiger partial charge in [0.1, 0.15) is 11.6 Å². The first-order valence-electron chi connectivity index (χ1n) is 11.7. The smallest absolute Gasteiger partial charge is 0.421 e. The van der Waals surface area contributed by atoms with E-state index in [1.54, 1.807) is 26.2 Å². The molecule has 3 aromatic carbocycles. The number of rotatable bonds is 7. The van der Waals surface area contributed by atoms with Gasteiger partial charge in [-0.3, -0.25) is 4.57 Å². The second-order valence-corrected chi connectivity index (χ2v) is 10.0. The van der Waals surface area contributed by atoms with Crippen LogP contribution < -0.4 is 9.46 Å². The number of ether oxygens (including phenoxy) is 2. The Kier molecular flexibility index (Phi) is 7.03. The van der Waals surface area contributed by atoms with Crippen molar-refractivity contribution in [3.05, 3.63) is 71.5 Å². The molecular weight excluding hydrogens is 478 g/mol. The van der Waals surface area contributed by atoms with Gasteiger partial charge in [0, 0.05) is 23.2 Å². The van der Waals surface area contributed by atoms with Gasteiger partial charge in [0.2, 0.25) is 0 Å². The van der Waals surface area contributed by atoms with Crippen molar-refractivity contribution >= 4 is 27.1 Å². The van der Waals surface area contributed by atoms with Crippen molar-refractivity contribution in [2.24, 2.45) is 0 Å². The van der Waals surface area contributed by atoms with E-state index in [1.807, 2.05) is 55.0 Å². The normalized spacial score (nSPS) is 11.5. The van der Waals surface area contributed by atoms with E-state index in [2.05, 4.69) is 11.5 Å². The van der Waals surface area contributed by atoms with E-state index in [4.69, 9.17) is 14.5 Å². The van der Waals surface area contributed by atoms with Crippen molar-refractivity contribution in [1.29, 1.82) is 0 Å². The van der Waals surface area contributed by atoms with E-state index in [-0.39, 0.29) is 11.5 Å². The van der Waals surface area contributed by atoms with Crippen LogP contribution in [0.1, 0.15) is 30.8 Å². The molecule has 0 unspecified atom stereocenters. The molecule has 1 heterocycles. The number of methoxy groups -OCH3 is 1. The number of benzene rings is 3. The molecule has 0 aliphatic carbocycles. The third-order valence-electron chi connectivity index (χ3n) is 5.99. The minimum Gasteiger partial charge on any atom is -0.496 e. The molecule has 1 amide bonds. The summed E-state index contributed by atoms with van der Waals surface area (Å²) in [5, 5.41) is 0. The number of fused-ring (bicyclic) bond motifs is 1. The van der Waals surface area contributed by atoms with Crippen molar-refractivity contribution in [3.63, 3.8) is 0 Å². The maximum Gasteiger partial charge on any atom is 0.421 e. The number of aromatic nitrogens is 2. The van der Waals surface area contributed by atoms with Gasteiger partial charge in [0.15, 0.2) is 0 Å². The van der Waals surface area contributed by atoms with Crippen molar-refractivity contribution in [2.45, 2.75) is 39.0 Å². The molecule has 0 radical (unpaired) electrons. The predicted octanol–water partition coefficient (Wildman–Crippen LogP) is 5.32. The number of aryl methyl sites for hydroxylation is 3. The largest absolute Gasteiger partial charge is 0.496 e. The lowest BCUT2D eigenvalue weighted by atomic mass is 10.0. The molecule has 4 aromatic rings. The van der Waals surface area contributed by atoms with Gasteiger partial charge >= 0.3 is 6.09 Å². The molecule has 0 saturated carbocycles. The van der Waals surface area contributed by atoms with Crippen LogP contribution in [0.4, 0.5) is 4.79 Å². The SMILES string of the molecule is CCOC(=O)NS(=O)(=O)c1ccc(C)cc1-c1ccc(-n2c(CC)nc3c(C)c(OC)ccc32)cc1. The van der Waals surface area contributed by atoms with E-state index < -0.39 is 16.1 Å². The van der Waals surface area contributed by atoms with Crippen LogP contribution in [-0.2, 0) is 21.2 Å². The van der Waals surface area contributed by atoms with Crippen LogP contribution in [0.25, 0.3) is 27.8 Å². The number of amides is 1. The molecule has 0 saturated heterocycles. The molecule has 1 N–H and O–H groups in total. The second kappa shape index (κ2) is 10.0. The predicted molar refractivity (Wildman–Crippen MR) is 139 cm³/mol. The zero-order valence-electron chi connectivity index (χ0n) is 21.0. The first-order chi connectivity index (χ1) is 17.2. The molecule has 1 aromatic heterocycles. The Bertz CT molecular complexity index is 1540. The molecule has 8 nitrogen and oxygen atoms in total. The Hall–Kier alpha value is -3.85. The van der Waals surface area contributed by atoms with E-state index in [9.17, 15) is 13.2 Å². The average molecular weight is 508 g/mol. The standard InChI is InChI=1S/C27H29N3O5S/c1-6-25-28-26-18(4)23(34-5)14-13-22(26)30(25)20-11-9-19(10-12-20)21-16-17(3)8-15-24(21)36(32,33)29-27(31)35-7-2/h8-16H,6-7H2,1-5H3,(H,29,31). The highest BCUT2D eigenvalue weighted by Crippen LogP contribution is 2.32. The van der Waals surface area contributed by atoms with Crippen LogP contribution >= 0.6 is 0 Å². The molecule has 0 atom stereocenters. The summed E-state index contributed by atoms with van der Waals surface area (Å²) < 4.78 is 40.2. The summed E-state index contributed by atoms with van der Waals surface area (Å²) in [7, 11) is -2.49. The van der Waals surface area contributed by atoms with E-state index >= 15 is 0 Å². The number of carbonyl (C=O) groups is 1. The van der Waals surface area contributed by atoms with E-state index in [1.165, 1.54) is 6.07 Å². The fourth-order valence-corrected chi connectivity index (χ4v) is 5.37. The van der Waals surface area contributed by atoms with Gasteiger partial charge in [-0.15, -0.1) is 0 Å². The Morgan fingerprint density at radius 2 is 1.75 bits per heavy atom. The summed E-state index contributed by atoms with van der Waals surface area (Å²) in [5.74, 6) is 1.70. The average Bonchev–Trinajstić information content (AvgIpc) is 3.23. The zero-order valence-corrected chi connectivity index (χ0v) is 21.8. The Morgan fingerprint density at radius 3 is 2.39 bits per heavy atom. The summed E-state index contributed by atoms with van der Waals surface area (Å²) in [4.78, 5) is 16.7. The van der Waals surface area contributed by atoms with E-state index in [0.717, 1.165) is 45.8 Å². The van der Waals surface area contributed by atoms with Crippen molar-refractivity contribution in [3.8, 4) is 22.6 Å². The molecule has 0 aliphatic heterocycles. The van der Waals surface area contributed by atoms with Crippen molar-refractivity contribution < 1.29 is 22.7 Å². The highest BCUT2D eigenvalue weighted by Gasteiger charge is 2.23. The molecule has 0 aliphatic rings. The number of hydrogen-bond acceptors (Lipinski definition) is 6. The number of hydrogen-bond donors (Lipinski definition) is 1. The molecule has 188 valence electrons. The molecule has 0 spiro atoms. The summed E-state index contributed by atoms with van der Waals surface area (Å²) in [6.07, 6.45) is -0.275. The summed E-state index contributed by atoms with van der Waals surface area (Å²) in [6, 6.07) is 16.5. The third-order valence-corrected chi connectivity index (χ3v) is 7.36. The Labute approximate surface area is 210 Å². The number of nitrogens with one attached hydrogen (secondary N) is 1. The van der Waals surface area contributed by atoms with Gasteiger partial charge in [-0.1, -0.05) is 36.8 Å². The summed E-state index contributed by atoms with van der Waals surface area (Å²) in [6.45, 7) is 7.60. The zero-order chi connectivity index (χ0) is 26.0. The fraction of sp³-hybridized carbons (Fsp3) is 0.259. The van der Waals surface area contributed by atoms with Gasteiger partial charge in [-0.2, -0.15) is 0 Å². The van der Waals surface area contributed by atoms with Crippen molar-refractivity contribution in [2.75, 3.05) is 13.7 Å². The van der Waals surface area contributed by atoms with Crippen LogP contribution in [0.2, 0.25) is 0 Å². The minimum absolute atomic E-state index is 0.000972. The topological polar surface area (TPSA) is 99.5 Å². The molecule has 9 heteroatoms. The Morgan fingerprint density at radius 1 is 1.03 bits per heavy atom. The lowest BCUT2D eigenvalue weighted by molar-refractivity contribution is 0.158. The number of carbonyl (C=O) groups excluding carboxylic acids is 1. The van der Waals surface area contributed by atoms with Crippen molar-refractivity contribution in [1.82, 2.24) is 14.3 Å². The highest BCUT2D eigenvalue weighted by atomic mass is 32.2. The maximum absolute atomic E-state index is 13.0. The Balaban J connectivity index is 1.79. The summed E-state index contributed by atoms with van der Waals surface area (Å²) in [5.41, 5.74) is 5.82. The molecule has 0 fully saturated rings. The summed E-state index contributed by atoms with van der Waals surface area (Å²) >= 11 is 0. The maximum atomic E-state index is 13.0. The van der Waals surface area contributed by atoms with Crippen LogP contribution in [0, 0.1) is 13.8 Å². The molecule has 0 bridgehead atoms. The van der Waals surface area contributed by atoms with Gasteiger partial charge in [-0.25, -0.2) is 22.9 Å². The van der Waals surface area contributed by atoms with Gasteiger partial charge in [-0.05, 0) is 56.7 Å². The van der Waals surface area contributed by atoms with Crippen LogP contribution in [0.5, 0.6) is 5.75 Å². The first kappa shape index (κ1) is 25.2. The number of sulfonamides is 1. The van der Waals surface area contributed by atoms with Gasteiger partial charge in [0.25, 0.3) is 10.0 Å². The lowest BCUT2D eigenvalue weighted by Crippen LogP contribution is -2.31. The van der Waals surface area contributed by atoms with Gasteiger partial charge < -0.3 is 9.47 Å². The lowest BCUT2D eigenvalue weighted by Gasteiger charge is -2.14. The van der Waals surface area contributed by atoms with Crippen LogP contribution in [-0.4, -0.2) is 37.8 Å². The van der Waals surface area contributed by atoms with Gasteiger partial charge in [0.05, 0.1) is 29.6 Å². The fourth-order valence-electron chi connectivity index (χ4n) is 4.27. The van der Waals surface area contributed by atoms with Crippen LogP contribution in [0.3, 0.4) is 0 Å². The first-order valence-corrected chi connectivity index (χ1v) is 13.1. The molecule has 36 heavy (non-hydrogen) atoms. The quantitative estimate of drug-likeness (QED) is 0.364. The highest BCUT2D eigenvalue weighted by molar-refractivity contribution is 7.90. The molecular formula is C27H29N3O5S. The minimum atomic E-state index is -4.13. The number of imidazole rings is 1. The third kappa shape index (κ3) is 4.66. The molecule has 4 rings (SSSR count). The second-order valence-electron chi connectivity index (χ2n) is 8.35. The van der Waals surface area contributed by atoms with E-state index in [0.29, 0.717) is 11.1 Å². The monoisotopic (exact) mass is 507 g/mol.